The number of rotatable bonds is 3. The van der Waals surface area contributed by atoms with Crippen LogP contribution in [0.15, 0.2) is 60.8 Å². The Morgan fingerprint density at radius 2 is 1.83 bits per heavy atom. The van der Waals surface area contributed by atoms with Crippen molar-refractivity contribution in [2.45, 2.75) is 19.9 Å². The number of pyridine rings is 1. The second-order valence-corrected chi connectivity index (χ2v) is 8.41. The normalized spacial score (nSPS) is 24.2. The highest BCUT2D eigenvalue weighted by atomic mass is 16.2. The fourth-order valence-electron chi connectivity index (χ4n) is 5.36. The van der Waals surface area contributed by atoms with Crippen LogP contribution >= 0.6 is 0 Å². The van der Waals surface area contributed by atoms with E-state index in [2.05, 4.69) is 52.9 Å². The lowest BCUT2D eigenvalue weighted by atomic mass is 9.87. The van der Waals surface area contributed by atoms with Crippen molar-refractivity contribution in [2.75, 3.05) is 26.2 Å². The van der Waals surface area contributed by atoms with Crippen molar-refractivity contribution in [3.05, 3.63) is 77.5 Å². The van der Waals surface area contributed by atoms with Gasteiger partial charge in [0, 0.05) is 37.1 Å². The molecule has 29 heavy (non-hydrogen) atoms. The molecule has 2 aliphatic heterocycles. The molecule has 0 unspecified atom stereocenters. The number of nitrogens with zero attached hydrogens (tertiary/aromatic N) is 3. The van der Waals surface area contributed by atoms with Gasteiger partial charge in [-0.2, -0.15) is 0 Å². The molecule has 0 radical (unpaired) electrons. The van der Waals surface area contributed by atoms with Crippen molar-refractivity contribution in [2.24, 2.45) is 11.8 Å². The van der Waals surface area contributed by atoms with Crippen molar-refractivity contribution in [3.8, 4) is 0 Å². The first-order chi connectivity index (χ1) is 14.2. The Bertz CT molecular complexity index is 1060. The van der Waals surface area contributed by atoms with E-state index in [1.165, 1.54) is 11.1 Å². The van der Waals surface area contributed by atoms with Crippen molar-refractivity contribution >= 4 is 16.8 Å². The van der Waals surface area contributed by atoms with Gasteiger partial charge in [0.25, 0.3) is 5.91 Å². The van der Waals surface area contributed by atoms with E-state index in [0.717, 1.165) is 42.6 Å². The van der Waals surface area contributed by atoms with Gasteiger partial charge in [-0.3, -0.25) is 9.78 Å². The third kappa shape index (κ3) is 3.03. The van der Waals surface area contributed by atoms with Crippen LogP contribution in [0.1, 0.15) is 34.5 Å². The molecule has 2 saturated heterocycles. The molecular formula is C25H27N3O. The summed E-state index contributed by atoms with van der Waals surface area (Å²) in [5.41, 5.74) is 4.21. The number of carbonyl (C=O) groups excluding carboxylic acids is 1. The molecule has 2 fully saturated rings. The topological polar surface area (TPSA) is 36.4 Å². The molecule has 1 aromatic heterocycles. The maximum absolute atomic E-state index is 13.8. The number of amides is 1. The number of aromatic nitrogens is 1. The first-order valence-corrected chi connectivity index (χ1v) is 10.6. The fourth-order valence-corrected chi connectivity index (χ4v) is 5.36. The quantitative estimate of drug-likeness (QED) is 0.674. The number of para-hydroxylation sites is 1. The average Bonchev–Trinajstić information content (AvgIpc) is 3.31. The highest BCUT2D eigenvalue weighted by Gasteiger charge is 2.49. The molecule has 3 atom stereocenters. The van der Waals surface area contributed by atoms with Crippen molar-refractivity contribution in [1.82, 2.24) is 14.8 Å². The zero-order valence-corrected chi connectivity index (χ0v) is 17.1. The first kappa shape index (κ1) is 18.3. The number of hydrogen-bond donors (Lipinski definition) is 0. The molecule has 2 aromatic carbocycles. The number of fused-ring (bicyclic) bond motifs is 2. The molecule has 0 aliphatic carbocycles. The standard InChI is InChI=1S/C25H27N3O/c1-3-27-14-18-15-28(24(22(18)16-27)19-9-5-4-8-17(19)2)25(29)21-12-13-26-23-11-7-6-10-20(21)23/h4-13,18,22,24H,3,14-16H2,1-2H3/t18-,22-,24+/m0/s1. The van der Waals surface area contributed by atoms with E-state index in [1.54, 1.807) is 6.20 Å². The Morgan fingerprint density at radius 3 is 2.66 bits per heavy atom. The van der Waals surface area contributed by atoms with E-state index in [1.807, 2.05) is 30.3 Å². The van der Waals surface area contributed by atoms with Crippen LogP contribution in [0, 0.1) is 18.8 Å². The van der Waals surface area contributed by atoms with Crippen LogP contribution in [0.25, 0.3) is 10.9 Å². The van der Waals surface area contributed by atoms with E-state index < -0.39 is 0 Å². The summed E-state index contributed by atoms with van der Waals surface area (Å²) < 4.78 is 0. The Kier molecular flexibility index (Phi) is 4.59. The largest absolute Gasteiger partial charge is 0.331 e. The van der Waals surface area contributed by atoms with E-state index in [-0.39, 0.29) is 11.9 Å². The summed E-state index contributed by atoms with van der Waals surface area (Å²) in [5.74, 6) is 1.17. The SMILES string of the molecule is CCN1C[C@H]2CN(C(=O)c3ccnc4ccccc34)[C@H](c3ccccc3C)[C@H]2C1. The van der Waals surface area contributed by atoms with Crippen LogP contribution in [0.3, 0.4) is 0 Å². The second kappa shape index (κ2) is 7.27. The molecule has 5 rings (SSSR count). The van der Waals surface area contributed by atoms with Crippen molar-refractivity contribution in [3.63, 3.8) is 0 Å². The molecular weight excluding hydrogens is 358 g/mol. The average molecular weight is 386 g/mol. The summed E-state index contributed by atoms with van der Waals surface area (Å²) in [7, 11) is 0. The first-order valence-electron chi connectivity index (χ1n) is 10.6. The molecule has 4 heteroatoms. The predicted molar refractivity (Wildman–Crippen MR) is 116 cm³/mol. The zero-order valence-electron chi connectivity index (χ0n) is 17.1. The van der Waals surface area contributed by atoms with Crippen LogP contribution in [-0.2, 0) is 0 Å². The molecule has 1 amide bonds. The summed E-state index contributed by atoms with van der Waals surface area (Å²) >= 11 is 0. The Balaban J connectivity index is 1.58. The van der Waals surface area contributed by atoms with E-state index in [0.29, 0.717) is 11.8 Å². The van der Waals surface area contributed by atoms with Gasteiger partial charge in [0.2, 0.25) is 0 Å². The van der Waals surface area contributed by atoms with Gasteiger partial charge < -0.3 is 9.80 Å². The van der Waals surface area contributed by atoms with Gasteiger partial charge in [0.15, 0.2) is 0 Å². The molecule has 4 nitrogen and oxygen atoms in total. The highest BCUT2D eigenvalue weighted by molar-refractivity contribution is 6.06. The number of likely N-dealkylation sites (tertiary alicyclic amines) is 2. The third-order valence-corrected chi connectivity index (χ3v) is 6.83. The second-order valence-electron chi connectivity index (χ2n) is 8.41. The summed E-state index contributed by atoms with van der Waals surface area (Å²) in [4.78, 5) is 22.9. The molecule has 3 heterocycles. The minimum absolute atomic E-state index is 0.134. The Hall–Kier alpha value is -2.72. The monoisotopic (exact) mass is 385 g/mol. The smallest absolute Gasteiger partial charge is 0.255 e. The lowest BCUT2D eigenvalue weighted by Crippen LogP contribution is -2.36. The molecule has 0 N–H and O–H groups in total. The molecule has 0 spiro atoms. The molecule has 148 valence electrons. The van der Waals surface area contributed by atoms with Gasteiger partial charge >= 0.3 is 0 Å². The van der Waals surface area contributed by atoms with E-state index >= 15 is 0 Å². The maximum atomic E-state index is 13.8. The summed E-state index contributed by atoms with van der Waals surface area (Å²) in [6.07, 6.45) is 1.76. The zero-order chi connectivity index (χ0) is 20.0. The summed E-state index contributed by atoms with van der Waals surface area (Å²) in [6.45, 7) is 8.47. The van der Waals surface area contributed by atoms with E-state index in [4.69, 9.17) is 0 Å². The van der Waals surface area contributed by atoms with Gasteiger partial charge in [-0.05, 0) is 42.6 Å². The van der Waals surface area contributed by atoms with Gasteiger partial charge in [-0.15, -0.1) is 0 Å². The lowest BCUT2D eigenvalue weighted by Gasteiger charge is -2.31. The minimum Gasteiger partial charge on any atom is -0.331 e. The van der Waals surface area contributed by atoms with Crippen molar-refractivity contribution < 1.29 is 4.79 Å². The molecule has 3 aromatic rings. The van der Waals surface area contributed by atoms with Gasteiger partial charge in [0.1, 0.15) is 0 Å². The molecule has 2 aliphatic rings. The van der Waals surface area contributed by atoms with Crippen molar-refractivity contribution in [1.29, 1.82) is 0 Å². The highest BCUT2D eigenvalue weighted by Crippen LogP contribution is 2.46. The van der Waals surface area contributed by atoms with Crippen LogP contribution in [0.5, 0.6) is 0 Å². The number of carbonyl (C=O) groups is 1. The predicted octanol–water partition coefficient (Wildman–Crippen LogP) is 4.31. The maximum Gasteiger partial charge on any atom is 0.255 e. The minimum atomic E-state index is 0.134. The van der Waals surface area contributed by atoms with Gasteiger partial charge in [-0.25, -0.2) is 0 Å². The number of benzene rings is 2. The fraction of sp³-hybridized carbons (Fsp3) is 0.360. The van der Waals surface area contributed by atoms with Gasteiger partial charge in [0.05, 0.1) is 17.1 Å². The number of aryl methyl sites for hydroxylation is 1. The number of hydrogen-bond acceptors (Lipinski definition) is 3. The molecule has 0 saturated carbocycles. The van der Waals surface area contributed by atoms with Crippen LogP contribution < -0.4 is 0 Å². The molecule has 0 bridgehead atoms. The van der Waals surface area contributed by atoms with Crippen LogP contribution in [-0.4, -0.2) is 46.9 Å². The van der Waals surface area contributed by atoms with E-state index in [9.17, 15) is 4.79 Å². The summed E-state index contributed by atoms with van der Waals surface area (Å²) in [6, 6.07) is 18.5. The Labute approximate surface area is 172 Å². The lowest BCUT2D eigenvalue weighted by molar-refractivity contribution is 0.0703. The van der Waals surface area contributed by atoms with Crippen LogP contribution in [0.2, 0.25) is 0 Å². The third-order valence-electron chi connectivity index (χ3n) is 6.83. The Morgan fingerprint density at radius 1 is 1.03 bits per heavy atom. The summed E-state index contributed by atoms with van der Waals surface area (Å²) in [5, 5.41) is 0.941. The van der Waals surface area contributed by atoms with Crippen LogP contribution in [0.4, 0.5) is 0 Å². The van der Waals surface area contributed by atoms with Gasteiger partial charge in [-0.1, -0.05) is 49.4 Å².